The summed E-state index contributed by atoms with van der Waals surface area (Å²) in [6.07, 6.45) is 5.95. The van der Waals surface area contributed by atoms with E-state index in [1.54, 1.807) is 12.4 Å². The van der Waals surface area contributed by atoms with Gasteiger partial charge in [-0.15, -0.1) is 0 Å². The van der Waals surface area contributed by atoms with E-state index >= 15 is 0 Å². The largest absolute Gasteiger partial charge is 0.367 e. The SMILES string of the molecule is Cc1c[nH]cc1C(=O)NCCCN1CCCC1=O. The normalized spacial score (nSPS) is 15.2. The summed E-state index contributed by atoms with van der Waals surface area (Å²) in [5.41, 5.74) is 1.63. The zero-order chi connectivity index (χ0) is 13.0. The Labute approximate surface area is 107 Å². The van der Waals surface area contributed by atoms with Gasteiger partial charge in [0.15, 0.2) is 0 Å². The van der Waals surface area contributed by atoms with E-state index in [1.165, 1.54) is 0 Å². The molecule has 0 radical (unpaired) electrons. The van der Waals surface area contributed by atoms with E-state index < -0.39 is 0 Å². The Kier molecular flexibility index (Phi) is 4.02. The lowest BCUT2D eigenvalue weighted by molar-refractivity contribution is -0.127. The van der Waals surface area contributed by atoms with Crippen molar-refractivity contribution >= 4 is 11.8 Å². The van der Waals surface area contributed by atoms with Gasteiger partial charge in [0.2, 0.25) is 5.91 Å². The highest BCUT2D eigenvalue weighted by atomic mass is 16.2. The third-order valence-corrected chi connectivity index (χ3v) is 3.26. The molecular weight excluding hydrogens is 230 g/mol. The number of rotatable bonds is 5. The van der Waals surface area contributed by atoms with Gasteiger partial charge in [0.05, 0.1) is 5.56 Å². The molecule has 0 aromatic carbocycles. The van der Waals surface area contributed by atoms with Crippen LogP contribution in [0.25, 0.3) is 0 Å². The Hall–Kier alpha value is -1.78. The highest BCUT2D eigenvalue weighted by molar-refractivity contribution is 5.95. The minimum absolute atomic E-state index is 0.0542. The molecule has 5 heteroatoms. The number of amides is 2. The molecule has 0 aliphatic carbocycles. The van der Waals surface area contributed by atoms with Crippen molar-refractivity contribution in [1.82, 2.24) is 15.2 Å². The fourth-order valence-electron chi connectivity index (χ4n) is 2.19. The molecule has 98 valence electrons. The molecule has 1 fully saturated rings. The van der Waals surface area contributed by atoms with Crippen molar-refractivity contribution in [3.63, 3.8) is 0 Å². The number of nitrogens with zero attached hydrogens (tertiary/aromatic N) is 1. The minimum atomic E-state index is -0.0542. The van der Waals surface area contributed by atoms with Gasteiger partial charge < -0.3 is 15.2 Å². The molecule has 2 rings (SSSR count). The molecule has 0 saturated carbocycles. The summed E-state index contributed by atoms with van der Waals surface area (Å²) in [7, 11) is 0. The smallest absolute Gasteiger partial charge is 0.253 e. The lowest BCUT2D eigenvalue weighted by Crippen LogP contribution is -2.30. The van der Waals surface area contributed by atoms with Crippen molar-refractivity contribution in [3.8, 4) is 0 Å². The molecule has 1 aliphatic heterocycles. The summed E-state index contributed by atoms with van der Waals surface area (Å²) in [5.74, 6) is 0.185. The van der Waals surface area contributed by atoms with Crippen LogP contribution in [0, 0.1) is 6.92 Å². The van der Waals surface area contributed by atoms with Crippen molar-refractivity contribution in [3.05, 3.63) is 23.5 Å². The maximum atomic E-state index is 11.8. The monoisotopic (exact) mass is 249 g/mol. The second-order valence-corrected chi connectivity index (χ2v) is 4.65. The van der Waals surface area contributed by atoms with Crippen LogP contribution < -0.4 is 5.32 Å². The summed E-state index contributed by atoms with van der Waals surface area (Å²) >= 11 is 0. The Morgan fingerprint density at radius 1 is 1.50 bits per heavy atom. The van der Waals surface area contributed by atoms with Crippen LogP contribution in [-0.2, 0) is 4.79 Å². The van der Waals surface area contributed by atoms with E-state index in [2.05, 4.69) is 10.3 Å². The fourth-order valence-corrected chi connectivity index (χ4v) is 2.19. The molecule has 2 heterocycles. The summed E-state index contributed by atoms with van der Waals surface area (Å²) in [6.45, 7) is 4.11. The number of carbonyl (C=O) groups is 2. The van der Waals surface area contributed by atoms with Gasteiger partial charge in [-0.1, -0.05) is 0 Å². The standard InChI is InChI=1S/C13H19N3O2/c1-10-8-14-9-11(10)13(18)15-5-3-7-16-6-2-4-12(16)17/h8-9,14H,2-7H2,1H3,(H,15,18). The van der Waals surface area contributed by atoms with Crippen molar-refractivity contribution < 1.29 is 9.59 Å². The lowest BCUT2D eigenvalue weighted by Gasteiger charge is -2.15. The number of hydrogen-bond acceptors (Lipinski definition) is 2. The van der Waals surface area contributed by atoms with Crippen LogP contribution in [0.5, 0.6) is 0 Å². The van der Waals surface area contributed by atoms with Crippen molar-refractivity contribution in [2.24, 2.45) is 0 Å². The molecule has 0 unspecified atom stereocenters. The maximum absolute atomic E-state index is 11.8. The number of carbonyl (C=O) groups excluding carboxylic acids is 2. The highest BCUT2D eigenvalue weighted by Gasteiger charge is 2.19. The molecule has 5 nitrogen and oxygen atoms in total. The van der Waals surface area contributed by atoms with Crippen molar-refractivity contribution in [2.75, 3.05) is 19.6 Å². The summed E-state index contributed by atoms with van der Waals surface area (Å²) in [6, 6.07) is 0. The molecule has 1 saturated heterocycles. The van der Waals surface area contributed by atoms with Crippen LogP contribution in [-0.4, -0.2) is 41.3 Å². The van der Waals surface area contributed by atoms with Gasteiger partial charge in [0.25, 0.3) is 5.91 Å². The number of aryl methyl sites for hydroxylation is 1. The predicted octanol–water partition coefficient (Wildman–Crippen LogP) is 1.07. The maximum Gasteiger partial charge on any atom is 0.253 e. The minimum Gasteiger partial charge on any atom is -0.367 e. The van der Waals surface area contributed by atoms with E-state index in [1.807, 2.05) is 11.8 Å². The average Bonchev–Trinajstić information content (AvgIpc) is 2.94. The zero-order valence-electron chi connectivity index (χ0n) is 10.7. The summed E-state index contributed by atoms with van der Waals surface area (Å²) < 4.78 is 0. The molecule has 2 N–H and O–H groups in total. The van der Waals surface area contributed by atoms with E-state index in [-0.39, 0.29) is 11.8 Å². The first kappa shape index (κ1) is 12.7. The predicted molar refractivity (Wildman–Crippen MR) is 68.3 cm³/mol. The van der Waals surface area contributed by atoms with Crippen molar-refractivity contribution in [1.29, 1.82) is 0 Å². The Morgan fingerprint density at radius 2 is 2.33 bits per heavy atom. The van der Waals surface area contributed by atoms with Gasteiger partial charge in [-0.05, 0) is 25.3 Å². The Morgan fingerprint density at radius 3 is 2.94 bits per heavy atom. The van der Waals surface area contributed by atoms with E-state index in [0.717, 1.165) is 31.5 Å². The van der Waals surface area contributed by atoms with Crippen LogP contribution >= 0.6 is 0 Å². The second-order valence-electron chi connectivity index (χ2n) is 4.65. The first-order valence-electron chi connectivity index (χ1n) is 6.38. The van der Waals surface area contributed by atoms with Gasteiger partial charge in [-0.2, -0.15) is 0 Å². The topological polar surface area (TPSA) is 65.2 Å². The molecule has 1 aliphatic rings. The van der Waals surface area contributed by atoms with Gasteiger partial charge in [-0.3, -0.25) is 9.59 Å². The van der Waals surface area contributed by atoms with Gasteiger partial charge in [-0.25, -0.2) is 0 Å². The third kappa shape index (κ3) is 2.91. The molecule has 18 heavy (non-hydrogen) atoms. The summed E-state index contributed by atoms with van der Waals surface area (Å²) in [5, 5.41) is 2.87. The Bertz CT molecular complexity index is 439. The van der Waals surface area contributed by atoms with E-state index in [9.17, 15) is 9.59 Å². The Balaban J connectivity index is 1.68. The average molecular weight is 249 g/mol. The number of hydrogen-bond donors (Lipinski definition) is 2. The molecule has 0 spiro atoms. The van der Waals surface area contributed by atoms with E-state index in [4.69, 9.17) is 0 Å². The van der Waals surface area contributed by atoms with Gasteiger partial charge in [0.1, 0.15) is 0 Å². The fraction of sp³-hybridized carbons (Fsp3) is 0.538. The third-order valence-electron chi connectivity index (χ3n) is 3.26. The number of aromatic amines is 1. The van der Waals surface area contributed by atoms with Crippen LogP contribution in [0.4, 0.5) is 0 Å². The number of nitrogens with one attached hydrogen (secondary N) is 2. The summed E-state index contributed by atoms with van der Waals surface area (Å²) in [4.78, 5) is 27.9. The second kappa shape index (κ2) is 5.71. The number of aromatic nitrogens is 1. The molecule has 1 aromatic rings. The lowest BCUT2D eigenvalue weighted by atomic mass is 10.2. The first-order chi connectivity index (χ1) is 8.68. The molecule has 0 bridgehead atoms. The molecular formula is C13H19N3O2. The van der Waals surface area contributed by atoms with Crippen LogP contribution in [0.1, 0.15) is 35.2 Å². The van der Waals surface area contributed by atoms with Gasteiger partial charge >= 0.3 is 0 Å². The molecule has 0 atom stereocenters. The first-order valence-corrected chi connectivity index (χ1v) is 6.38. The van der Waals surface area contributed by atoms with Crippen LogP contribution in [0.3, 0.4) is 0 Å². The quantitative estimate of drug-likeness (QED) is 0.766. The van der Waals surface area contributed by atoms with Crippen LogP contribution in [0.15, 0.2) is 12.4 Å². The molecule has 2 amide bonds. The highest BCUT2D eigenvalue weighted by Crippen LogP contribution is 2.09. The van der Waals surface area contributed by atoms with Crippen molar-refractivity contribution in [2.45, 2.75) is 26.2 Å². The number of likely N-dealkylation sites (tertiary alicyclic amines) is 1. The van der Waals surface area contributed by atoms with E-state index in [0.29, 0.717) is 18.5 Å². The van der Waals surface area contributed by atoms with Gasteiger partial charge in [0, 0.05) is 38.4 Å². The van der Waals surface area contributed by atoms with Crippen LogP contribution in [0.2, 0.25) is 0 Å². The zero-order valence-corrected chi connectivity index (χ0v) is 10.7. The molecule has 1 aromatic heterocycles. The number of H-pyrrole nitrogens is 1.